The van der Waals surface area contributed by atoms with E-state index in [4.69, 9.17) is 4.42 Å². The minimum atomic E-state index is -2.86. The third kappa shape index (κ3) is 4.48. The number of anilines is 1. The van der Waals surface area contributed by atoms with E-state index in [9.17, 15) is 18.4 Å². The van der Waals surface area contributed by atoms with Crippen LogP contribution in [0.15, 0.2) is 40.9 Å². The summed E-state index contributed by atoms with van der Waals surface area (Å²) >= 11 is 0. The summed E-state index contributed by atoms with van der Waals surface area (Å²) in [7, 11) is 4.15. The minimum absolute atomic E-state index is 0.0225. The number of carbonyl (C=O) groups excluding carboxylic acids is 2. The lowest BCUT2D eigenvalue weighted by Crippen LogP contribution is -2.51. The summed E-state index contributed by atoms with van der Waals surface area (Å²) in [5.74, 6) is -1.53. The van der Waals surface area contributed by atoms with Crippen LogP contribution in [0.1, 0.15) is 54.2 Å². The number of nitrogens with zero attached hydrogens (tertiary/aromatic N) is 6. The maximum absolute atomic E-state index is 13.5. The number of fused-ring (bicyclic) bond motifs is 1. The van der Waals surface area contributed by atoms with Crippen LogP contribution in [0.5, 0.6) is 0 Å². The average molecular weight is 511 g/mol. The summed E-state index contributed by atoms with van der Waals surface area (Å²) in [6.45, 7) is 5.46. The van der Waals surface area contributed by atoms with Gasteiger partial charge in [-0.3, -0.25) is 19.5 Å². The first kappa shape index (κ1) is 24.9. The van der Waals surface area contributed by atoms with E-state index in [1.165, 1.54) is 11.1 Å². The smallest absolute Gasteiger partial charge is 0.314 e. The minimum Gasteiger partial charge on any atom is -0.415 e. The van der Waals surface area contributed by atoms with Crippen molar-refractivity contribution in [2.75, 3.05) is 32.1 Å². The average Bonchev–Trinajstić information content (AvgIpc) is 3.57. The van der Waals surface area contributed by atoms with E-state index in [1.807, 2.05) is 32.0 Å². The number of hydrogen-bond donors (Lipinski definition) is 0. The van der Waals surface area contributed by atoms with Gasteiger partial charge in [-0.1, -0.05) is 0 Å². The zero-order valence-corrected chi connectivity index (χ0v) is 21.1. The van der Waals surface area contributed by atoms with E-state index in [0.717, 1.165) is 30.8 Å². The number of pyridine rings is 1. The number of benzene rings is 1. The van der Waals surface area contributed by atoms with E-state index in [-0.39, 0.29) is 24.2 Å². The summed E-state index contributed by atoms with van der Waals surface area (Å²) in [6, 6.07) is 9.38. The molecule has 4 heterocycles. The first-order valence-electron chi connectivity index (χ1n) is 12.1. The fourth-order valence-electron chi connectivity index (χ4n) is 4.91. The Kier molecular flexibility index (Phi) is 6.26. The summed E-state index contributed by atoms with van der Waals surface area (Å²) in [5, 5.41) is 6.92. The number of amides is 2. The van der Waals surface area contributed by atoms with Crippen LogP contribution in [0.4, 0.5) is 14.5 Å². The third-order valence-corrected chi connectivity index (χ3v) is 7.21. The number of hydrogen-bond acceptors (Lipinski definition) is 8. The molecule has 1 aromatic carbocycles. The summed E-state index contributed by atoms with van der Waals surface area (Å²) in [5.41, 5.74) is 2.14. The molecule has 194 valence electrons. The Bertz CT molecular complexity index is 1340. The Balaban J connectivity index is 1.37. The zero-order valence-electron chi connectivity index (χ0n) is 21.1. The Labute approximate surface area is 213 Å². The van der Waals surface area contributed by atoms with Gasteiger partial charge in [0.25, 0.3) is 11.8 Å². The van der Waals surface area contributed by atoms with Gasteiger partial charge in [0.15, 0.2) is 0 Å². The molecule has 9 nitrogen and oxygen atoms in total. The fourth-order valence-corrected chi connectivity index (χ4v) is 4.91. The molecule has 1 fully saturated rings. The highest BCUT2D eigenvalue weighted by molar-refractivity contribution is 6.13. The molecule has 5 rings (SSSR count). The second-order valence-corrected chi connectivity index (χ2v) is 10.2. The molecular weight excluding hydrogens is 482 g/mol. The normalized spacial score (nSPS) is 19.3. The maximum Gasteiger partial charge on any atom is 0.314 e. The maximum atomic E-state index is 13.5. The van der Waals surface area contributed by atoms with Gasteiger partial charge in [-0.25, -0.2) is 0 Å². The predicted octanol–water partition coefficient (Wildman–Crippen LogP) is 3.67. The lowest BCUT2D eigenvalue weighted by molar-refractivity contribution is -0.134. The fraction of sp³-hybridized carbons (Fsp3) is 0.423. The van der Waals surface area contributed by atoms with Gasteiger partial charge in [-0.2, -0.15) is 8.78 Å². The van der Waals surface area contributed by atoms with Gasteiger partial charge in [0.2, 0.25) is 11.8 Å². The Hall–Kier alpha value is -3.73. The SMILES string of the molecule is CN(C)[C@@H]1CCN(c2ccc3c(c2)C(C)(C)C(=O)N(Cc2ccc(-c4nnc(C(F)F)o4)cn2)C3=O)C1. The molecule has 0 radical (unpaired) electrons. The highest BCUT2D eigenvalue weighted by Gasteiger charge is 2.45. The zero-order chi connectivity index (χ0) is 26.5. The van der Waals surface area contributed by atoms with Crippen molar-refractivity contribution < 1.29 is 22.8 Å². The Morgan fingerprint density at radius 2 is 1.95 bits per heavy atom. The number of aromatic nitrogens is 3. The van der Waals surface area contributed by atoms with Crippen molar-refractivity contribution in [2.45, 2.75) is 44.7 Å². The van der Waals surface area contributed by atoms with Gasteiger partial charge < -0.3 is 14.2 Å². The highest BCUT2D eigenvalue weighted by atomic mass is 19.3. The summed E-state index contributed by atoms with van der Waals surface area (Å²) < 4.78 is 30.4. The van der Waals surface area contributed by atoms with Gasteiger partial charge in [0.1, 0.15) is 0 Å². The van der Waals surface area contributed by atoms with Crippen LogP contribution in [0.2, 0.25) is 0 Å². The number of alkyl halides is 2. The lowest BCUT2D eigenvalue weighted by atomic mass is 9.77. The molecule has 11 heteroatoms. The molecular formula is C26H28F2N6O3. The van der Waals surface area contributed by atoms with Crippen molar-refractivity contribution in [3.8, 4) is 11.5 Å². The van der Waals surface area contributed by atoms with Crippen LogP contribution < -0.4 is 4.90 Å². The molecule has 2 aliphatic heterocycles. The highest BCUT2D eigenvalue weighted by Crippen LogP contribution is 2.38. The van der Waals surface area contributed by atoms with Crippen LogP contribution in [0.25, 0.3) is 11.5 Å². The molecule has 0 spiro atoms. The second kappa shape index (κ2) is 9.29. The molecule has 2 aromatic heterocycles. The van der Waals surface area contributed by atoms with Gasteiger partial charge in [0.05, 0.1) is 23.2 Å². The van der Waals surface area contributed by atoms with Crippen LogP contribution in [0, 0.1) is 0 Å². The van der Waals surface area contributed by atoms with Crippen molar-refractivity contribution in [3.05, 3.63) is 59.2 Å². The van der Waals surface area contributed by atoms with Crippen molar-refractivity contribution in [2.24, 2.45) is 0 Å². The van der Waals surface area contributed by atoms with Crippen LogP contribution in [0.3, 0.4) is 0 Å². The predicted molar refractivity (Wildman–Crippen MR) is 131 cm³/mol. The van der Waals surface area contributed by atoms with E-state index < -0.39 is 17.7 Å². The molecule has 2 aliphatic rings. The summed E-state index contributed by atoms with van der Waals surface area (Å²) in [4.78, 5) is 36.9. The van der Waals surface area contributed by atoms with Crippen molar-refractivity contribution in [1.29, 1.82) is 0 Å². The molecule has 0 unspecified atom stereocenters. The first-order chi connectivity index (χ1) is 17.6. The summed E-state index contributed by atoms with van der Waals surface area (Å²) in [6.07, 6.45) is -0.415. The Morgan fingerprint density at radius 1 is 1.16 bits per heavy atom. The molecule has 3 aromatic rings. The quantitative estimate of drug-likeness (QED) is 0.464. The van der Waals surface area contributed by atoms with Crippen LogP contribution >= 0.6 is 0 Å². The van der Waals surface area contributed by atoms with Crippen molar-refractivity contribution in [3.63, 3.8) is 0 Å². The number of rotatable bonds is 6. The Morgan fingerprint density at radius 3 is 2.57 bits per heavy atom. The van der Waals surface area contributed by atoms with E-state index in [0.29, 0.717) is 22.9 Å². The number of carbonyl (C=O) groups is 2. The van der Waals surface area contributed by atoms with E-state index in [2.05, 4.69) is 39.1 Å². The largest absolute Gasteiger partial charge is 0.415 e. The van der Waals surface area contributed by atoms with Gasteiger partial charge >= 0.3 is 6.43 Å². The molecule has 37 heavy (non-hydrogen) atoms. The molecule has 0 bridgehead atoms. The lowest BCUT2D eigenvalue weighted by Gasteiger charge is -2.38. The number of likely N-dealkylation sites (N-methyl/N-ethyl adjacent to an activating group) is 1. The van der Waals surface area contributed by atoms with Gasteiger partial charge in [-0.05, 0) is 70.3 Å². The van der Waals surface area contributed by atoms with Crippen molar-refractivity contribution in [1.82, 2.24) is 25.0 Å². The van der Waals surface area contributed by atoms with Crippen LogP contribution in [-0.4, -0.2) is 70.0 Å². The van der Waals surface area contributed by atoms with Crippen molar-refractivity contribution >= 4 is 17.5 Å². The molecule has 1 saturated heterocycles. The monoisotopic (exact) mass is 510 g/mol. The standard InChI is InChI=1S/C26H28F2N6O3/c1-26(2)20-11-17(33-10-9-18(14-33)32(3)4)7-8-19(20)24(35)34(25(26)36)13-16-6-5-15(12-29-16)22-30-31-23(37-22)21(27)28/h5-8,11-12,18,21H,9-10,13-14H2,1-4H3/t18-/m1/s1. The molecule has 0 saturated carbocycles. The number of imide groups is 1. The van der Waals surface area contributed by atoms with Crippen LogP contribution in [-0.2, 0) is 16.8 Å². The molecule has 0 aliphatic carbocycles. The molecule has 1 atom stereocenters. The van der Waals surface area contributed by atoms with E-state index >= 15 is 0 Å². The topological polar surface area (TPSA) is 95.7 Å². The number of halogens is 2. The van der Waals surface area contributed by atoms with Gasteiger partial charge in [0, 0.05) is 36.6 Å². The molecule has 2 amide bonds. The van der Waals surface area contributed by atoms with E-state index in [1.54, 1.807) is 12.1 Å². The molecule has 0 N–H and O–H groups in total. The second-order valence-electron chi connectivity index (χ2n) is 10.2. The van der Waals surface area contributed by atoms with Gasteiger partial charge in [-0.15, -0.1) is 10.2 Å². The third-order valence-electron chi connectivity index (χ3n) is 7.21. The first-order valence-corrected chi connectivity index (χ1v) is 12.1.